The van der Waals surface area contributed by atoms with Gasteiger partial charge in [0.25, 0.3) is 5.91 Å². The van der Waals surface area contributed by atoms with Crippen LogP contribution in [0.15, 0.2) is 46.9 Å². The van der Waals surface area contributed by atoms with Gasteiger partial charge in [0.2, 0.25) is 5.91 Å². The maximum atomic E-state index is 13.2. The summed E-state index contributed by atoms with van der Waals surface area (Å²) in [6, 6.07) is 10.7. The molecule has 0 fully saturated rings. The molecule has 7 heteroatoms. The van der Waals surface area contributed by atoms with Crippen LogP contribution in [-0.4, -0.2) is 35.9 Å². The summed E-state index contributed by atoms with van der Waals surface area (Å²) in [5.74, 6) is -0.305. The van der Waals surface area contributed by atoms with Crippen molar-refractivity contribution in [1.82, 2.24) is 10.2 Å². The van der Waals surface area contributed by atoms with Gasteiger partial charge in [0.15, 0.2) is 6.61 Å². The Morgan fingerprint density at radius 3 is 2.45 bits per heavy atom. The molecule has 0 aliphatic heterocycles. The fourth-order valence-corrected chi connectivity index (χ4v) is 3.18. The third-order valence-corrected chi connectivity index (χ3v) is 5.38. The van der Waals surface area contributed by atoms with E-state index in [1.807, 2.05) is 32.9 Å². The summed E-state index contributed by atoms with van der Waals surface area (Å²) in [6.07, 6.45) is 0.455. The van der Waals surface area contributed by atoms with Gasteiger partial charge >= 0.3 is 0 Å². The lowest BCUT2D eigenvalue weighted by Crippen LogP contribution is -2.50. The lowest BCUT2D eigenvalue weighted by Gasteiger charge is -2.30. The maximum absolute atomic E-state index is 13.2. The standard InChI is InChI=1S/C22H26BrFN2O3/c1-4-20(22(28)25-5-2)26(13-16-6-8-17(24)9-7-16)21(27)14-29-18-10-11-19(23)15(3)12-18/h6-12,20H,4-5,13-14H2,1-3H3,(H,25,28)/t20-/m0/s1. The van der Waals surface area contributed by atoms with Crippen LogP contribution in [0.4, 0.5) is 4.39 Å². The van der Waals surface area contributed by atoms with Gasteiger partial charge in [0.1, 0.15) is 17.6 Å². The highest BCUT2D eigenvalue weighted by Crippen LogP contribution is 2.22. The summed E-state index contributed by atoms with van der Waals surface area (Å²) in [6.45, 7) is 6.08. The number of hydrogen-bond donors (Lipinski definition) is 1. The largest absolute Gasteiger partial charge is 0.484 e. The van der Waals surface area contributed by atoms with Crippen LogP contribution in [0.5, 0.6) is 5.75 Å². The molecule has 0 aliphatic carbocycles. The fourth-order valence-electron chi connectivity index (χ4n) is 2.93. The minimum absolute atomic E-state index is 0.192. The first-order chi connectivity index (χ1) is 13.8. The molecule has 2 aromatic carbocycles. The SMILES string of the molecule is CCNC(=O)[C@H](CC)N(Cc1ccc(F)cc1)C(=O)COc1ccc(Br)c(C)c1. The van der Waals surface area contributed by atoms with Gasteiger partial charge in [-0.1, -0.05) is 35.0 Å². The molecule has 0 heterocycles. The molecule has 0 saturated carbocycles. The van der Waals surface area contributed by atoms with Crippen molar-refractivity contribution in [2.45, 2.75) is 39.8 Å². The number of aryl methyl sites for hydroxylation is 1. The summed E-state index contributed by atoms with van der Waals surface area (Å²) in [4.78, 5) is 27.0. The second-order valence-electron chi connectivity index (χ2n) is 6.67. The molecule has 1 N–H and O–H groups in total. The van der Waals surface area contributed by atoms with Gasteiger partial charge in [-0.15, -0.1) is 0 Å². The van der Waals surface area contributed by atoms with Crippen molar-refractivity contribution in [1.29, 1.82) is 0 Å². The molecule has 2 aromatic rings. The Morgan fingerprint density at radius 2 is 1.86 bits per heavy atom. The lowest BCUT2D eigenvalue weighted by molar-refractivity contribution is -0.142. The van der Waals surface area contributed by atoms with E-state index in [1.165, 1.54) is 17.0 Å². The zero-order valence-electron chi connectivity index (χ0n) is 16.9. The van der Waals surface area contributed by atoms with Crippen molar-refractivity contribution in [2.24, 2.45) is 0 Å². The minimum Gasteiger partial charge on any atom is -0.484 e. The molecule has 0 saturated heterocycles. The third-order valence-electron chi connectivity index (χ3n) is 4.49. The number of carbonyl (C=O) groups is 2. The van der Waals surface area contributed by atoms with Crippen molar-refractivity contribution in [3.8, 4) is 5.75 Å². The number of rotatable bonds is 9. The molecule has 0 unspecified atom stereocenters. The fraction of sp³-hybridized carbons (Fsp3) is 0.364. The van der Waals surface area contributed by atoms with E-state index in [9.17, 15) is 14.0 Å². The molecule has 2 amide bonds. The summed E-state index contributed by atoms with van der Waals surface area (Å²) in [5, 5.41) is 2.78. The zero-order chi connectivity index (χ0) is 21.4. The molecule has 0 aromatic heterocycles. The lowest BCUT2D eigenvalue weighted by atomic mass is 10.1. The van der Waals surface area contributed by atoms with E-state index in [0.29, 0.717) is 18.7 Å². The summed E-state index contributed by atoms with van der Waals surface area (Å²) < 4.78 is 19.9. The first kappa shape index (κ1) is 22.9. The van der Waals surface area contributed by atoms with Crippen molar-refractivity contribution >= 4 is 27.7 Å². The second-order valence-corrected chi connectivity index (χ2v) is 7.52. The molecule has 5 nitrogen and oxygen atoms in total. The van der Waals surface area contributed by atoms with Crippen LogP contribution < -0.4 is 10.1 Å². The van der Waals surface area contributed by atoms with E-state index in [0.717, 1.165) is 15.6 Å². The van der Waals surface area contributed by atoms with Crippen LogP contribution in [-0.2, 0) is 16.1 Å². The average molecular weight is 465 g/mol. The zero-order valence-corrected chi connectivity index (χ0v) is 18.5. The van der Waals surface area contributed by atoms with E-state index >= 15 is 0 Å². The van der Waals surface area contributed by atoms with Gasteiger partial charge < -0.3 is 15.0 Å². The second kappa shape index (κ2) is 11.0. The van der Waals surface area contributed by atoms with Crippen LogP contribution in [0, 0.1) is 12.7 Å². The van der Waals surface area contributed by atoms with Crippen LogP contribution in [0.2, 0.25) is 0 Å². The molecule has 0 radical (unpaired) electrons. The van der Waals surface area contributed by atoms with Gasteiger partial charge in [-0.05, 0) is 61.7 Å². The highest BCUT2D eigenvalue weighted by Gasteiger charge is 2.28. The quantitative estimate of drug-likeness (QED) is 0.604. The molecule has 0 aliphatic rings. The Morgan fingerprint density at radius 1 is 1.17 bits per heavy atom. The van der Waals surface area contributed by atoms with E-state index < -0.39 is 6.04 Å². The van der Waals surface area contributed by atoms with Crippen LogP contribution in [0.1, 0.15) is 31.4 Å². The number of nitrogens with zero attached hydrogens (tertiary/aromatic N) is 1. The van der Waals surface area contributed by atoms with Gasteiger partial charge in [0.05, 0.1) is 0 Å². The first-order valence-electron chi connectivity index (χ1n) is 9.56. The minimum atomic E-state index is -0.636. The van der Waals surface area contributed by atoms with E-state index in [4.69, 9.17) is 4.74 Å². The molecule has 156 valence electrons. The van der Waals surface area contributed by atoms with Crippen molar-refractivity contribution < 1.29 is 18.7 Å². The Balaban J connectivity index is 2.19. The predicted octanol–water partition coefficient (Wildman–Crippen LogP) is 4.22. The smallest absolute Gasteiger partial charge is 0.261 e. The summed E-state index contributed by atoms with van der Waals surface area (Å²) in [5.41, 5.74) is 1.73. The van der Waals surface area contributed by atoms with Crippen LogP contribution in [0.25, 0.3) is 0 Å². The molecule has 0 spiro atoms. The van der Waals surface area contributed by atoms with Gasteiger partial charge in [-0.2, -0.15) is 0 Å². The monoisotopic (exact) mass is 464 g/mol. The number of nitrogens with one attached hydrogen (secondary N) is 1. The maximum Gasteiger partial charge on any atom is 0.261 e. The number of hydrogen-bond acceptors (Lipinski definition) is 3. The highest BCUT2D eigenvalue weighted by atomic mass is 79.9. The predicted molar refractivity (Wildman–Crippen MR) is 114 cm³/mol. The molecular formula is C22H26BrFN2O3. The topological polar surface area (TPSA) is 58.6 Å². The molecule has 1 atom stereocenters. The normalized spacial score (nSPS) is 11.6. The highest BCUT2D eigenvalue weighted by molar-refractivity contribution is 9.10. The number of carbonyl (C=O) groups excluding carboxylic acids is 2. The Bertz CT molecular complexity index is 842. The number of likely N-dealkylation sites (N-methyl/N-ethyl adjacent to an activating group) is 1. The molecular weight excluding hydrogens is 439 g/mol. The average Bonchev–Trinajstić information content (AvgIpc) is 2.70. The van der Waals surface area contributed by atoms with Gasteiger partial charge in [-0.25, -0.2) is 4.39 Å². The van der Waals surface area contributed by atoms with Crippen molar-refractivity contribution in [3.05, 3.63) is 63.9 Å². The molecule has 2 rings (SSSR count). The Labute approximate surface area is 179 Å². The van der Waals surface area contributed by atoms with E-state index in [1.54, 1.807) is 18.2 Å². The number of amides is 2. The number of ether oxygens (including phenoxy) is 1. The van der Waals surface area contributed by atoms with Crippen LogP contribution >= 0.6 is 15.9 Å². The molecule has 0 bridgehead atoms. The van der Waals surface area contributed by atoms with E-state index in [2.05, 4.69) is 21.2 Å². The third kappa shape index (κ3) is 6.56. The summed E-state index contributed by atoms with van der Waals surface area (Å²) in [7, 11) is 0. The summed E-state index contributed by atoms with van der Waals surface area (Å²) >= 11 is 3.43. The van der Waals surface area contributed by atoms with Gasteiger partial charge in [0, 0.05) is 17.6 Å². The first-order valence-corrected chi connectivity index (χ1v) is 10.4. The Hall–Kier alpha value is -2.41. The van der Waals surface area contributed by atoms with Gasteiger partial charge in [-0.3, -0.25) is 9.59 Å². The number of halogens is 2. The molecule has 29 heavy (non-hydrogen) atoms. The van der Waals surface area contributed by atoms with Crippen molar-refractivity contribution in [3.63, 3.8) is 0 Å². The van der Waals surface area contributed by atoms with Crippen molar-refractivity contribution in [2.75, 3.05) is 13.2 Å². The van der Waals surface area contributed by atoms with E-state index in [-0.39, 0.29) is 30.8 Å². The van der Waals surface area contributed by atoms with Crippen LogP contribution in [0.3, 0.4) is 0 Å². The Kier molecular flexibility index (Phi) is 8.64. The number of benzene rings is 2.